The van der Waals surface area contributed by atoms with Crippen molar-refractivity contribution >= 4 is 21.6 Å². The highest BCUT2D eigenvalue weighted by atomic mass is 79.9. The summed E-state index contributed by atoms with van der Waals surface area (Å²) in [6.45, 7) is 3.53. The lowest BCUT2D eigenvalue weighted by Crippen LogP contribution is -2.07. The zero-order valence-corrected chi connectivity index (χ0v) is 12.2. The number of aromatic nitrogens is 1. The predicted octanol–water partition coefficient (Wildman–Crippen LogP) is 3.71. The van der Waals surface area contributed by atoms with E-state index in [1.54, 1.807) is 20.0 Å². The Hall–Kier alpha value is -0.970. The fourth-order valence-electron chi connectivity index (χ4n) is 2.27. The number of pyridine rings is 1. The summed E-state index contributed by atoms with van der Waals surface area (Å²) in [7, 11) is 0. The normalized spacial score (nSPS) is 16.6. The SMILES string of the molecule is Cc1cnc(CCC(Br)C2CC2)c(C)c1[N+](=O)[O-]. The van der Waals surface area contributed by atoms with Crippen LogP contribution in [0.5, 0.6) is 0 Å². The maximum Gasteiger partial charge on any atom is 0.278 e. The quantitative estimate of drug-likeness (QED) is 0.473. The monoisotopic (exact) mass is 312 g/mol. The van der Waals surface area contributed by atoms with Gasteiger partial charge in [0.2, 0.25) is 0 Å². The molecule has 0 aromatic carbocycles. The van der Waals surface area contributed by atoms with Crippen LogP contribution in [0.1, 0.15) is 36.1 Å². The second kappa shape index (κ2) is 5.34. The molecular formula is C13H17BrN2O2. The van der Waals surface area contributed by atoms with Gasteiger partial charge in [-0.15, -0.1) is 0 Å². The van der Waals surface area contributed by atoms with Crippen molar-refractivity contribution in [2.24, 2.45) is 5.92 Å². The summed E-state index contributed by atoms with van der Waals surface area (Å²) in [5.74, 6) is 0.797. The van der Waals surface area contributed by atoms with Crippen LogP contribution in [0, 0.1) is 29.9 Å². The van der Waals surface area contributed by atoms with Crippen LogP contribution < -0.4 is 0 Å². The summed E-state index contributed by atoms with van der Waals surface area (Å²) < 4.78 is 0. The van der Waals surface area contributed by atoms with Crippen molar-refractivity contribution in [3.05, 3.63) is 33.1 Å². The Kier molecular flexibility index (Phi) is 4.00. The standard InChI is InChI=1S/C13H17BrN2O2/c1-8-7-15-12(9(2)13(8)16(17)18)6-5-11(14)10-3-4-10/h7,10-11H,3-6H2,1-2H3. The molecule has 1 aromatic heterocycles. The lowest BCUT2D eigenvalue weighted by Gasteiger charge is -2.10. The zero-order valence-electron chi connectivity index (χ0n) is 10.6. The number of halogens is 1. The Morgan fingerprint density at radius 3 is 2.78 bits per heavy atom. The molecule has 0 saturated heterocycles. The molecule has 1 aliphatic rings. The average Bonchev–Trinajstić information content (AvgIpc) is 3.11. The highest BCUT2D eigenvalue weighted by molar-refractivity contribution is 9.09. The van der Waals surface area contributed by atoms with Gasteiger partial charge in [0.1, 0.15) is 0 Å². The number of rotatable bonds is 5. The number of hydrogen-bond donors (Lipinski definition) is 0. The van der Waals surface area contributed by atoms with Crippen LogP contribution in [0.2, 0.25) is 0 Å². The Labute approximate surface area is 115 Å². The molecule has 5 heteroatoms. The van der Waals surface area contributed by atoms with Crippen LogP contribution in [0.15, 0.2) is 6.20 Å². The van der Waals surface area contributed by atoms with Crippen LogP contribution >= 0.6 is 15.9 Å². The van der Waals surface area contributed by atoms with E-state index in [1.165, 1.54) is 12.8 Å². The minimum atomic E-state index is -0.303. The first-order valence-corrected chi connectivity index (χ1v) is 7.15. The minimum absolute atomic E-state index is 0.220. The number of alkyl halides is 1. The number of nitro groups is 1. The molecule has 1 saturated carbocycles. The van der Waals surface area contributed by atoms with Crippen molar-refractivity contribution in [2.45, 2.75) is 44.4 Å². The molecule has 1 fully saturated rings. The Morgan fingerprint density at radius 2 is 2.22 bits per heavy atom. The third kappa shape index (κ3) is 2.88. The molecule has 1 aromatic rings. The largest absolute Gasteiger partial charge is 0.278 e. The van der Waals surface area contributed by atoms with E-state index in [2.05, 4.69) is 20.9 Å². The van der Waals surface area contributed by atoms with Gasteiger partial charge in [-0.2, -0.15) is 0 Å². The van der Waals surface area contributed by atoms with Crippen LogP contribution in [0.4, 0.5) is 5.69 Å². The molecular weight excluding hydrogens is 296 g/mol. The first-order chi connectivity index (χ1) is 8.50. The van der Waals surface area contributed by atoms with E-state index >= 15 is 0 Å². The minimum Gasteiger partial charge on any atom is -0.260 e. The van der Waals surface area contributed by atoms with E-state index in [1.807, 2.05) is 0 Å². The van der Waals surface area contributed by atoms with Gasteiger partial charge in [0, 0.05) is 22.2 Å². The summed E-state index contributed by atoms with van der Waals surface area (Å²) in [6.07, 6.45) is 6.02. The van der Waals surface area contributed by atoms with Crippen molar-refractivity contribution in [2.75, 3.05) is 0 Å². The van der Waals surface area contributed by atoms with Crippen LogP contribution in [0.3, 0.4) is 0 Å². The fourth-order valence-corrected chi connectivity index (χ4v) is 3.02. The third-order valence-electron chi connectivity index (χ3n) is 3.55. The van der Waals surface area contributed by atoms with Gasteiger partial charge < -0.3 is 0 Å². The van der Waals surface area contributed by atoms with E-state index in [0.717, 1.165) is 30.0 Å². The predicted molar refractivity (Wildman–Crippen MR) is 74.1 cm³/mol. The Morgan fingerprint density at radius 1 is 1.56 bits per heavy atom. The van der Waals surface area contributed by atoms with E-state index in [9.17, 15) is 10.1 Å². The van der Waals surface area contributed by atoms with E-state index in [4.69, 9.17) is 0 Å². The zero-order chi connectivity index (χ0) is 13.3. The van der Waals surface area contributed by atoms with E-state index in [-0.39, 0.29) is 10.6 Å². The summed E-state index contributed by atoms with van der Waals surface area (Å²) in [5, 5.41) is 11.0. The maximum atomic E-state index is 11.0. The second-order valence-corrected chi connectivity index (χ2v) is 6.19. The molecule has 0 spiro atoms. The number of hydrogen-bond acceptors (Lipinski definition) is 3. The highest BCUT2D eigenvalue weighted by Gasteiger charge is 2.29. The molecule has 18 heavy (non-hydrogen) atoms. The third-order valence-corrected chi connectivity index (χ3v) is 4.75. The van der Waals surface area contributed by atoms with Crippen LogP contribution in [-0.4, -0.2) is 14.7 Å². The highest BCUT2D eigenvalue weighted by Crippen LogP contribution is 2.38. The van der Waals surface area contributed by atoms with Gasteiger partial charge in [0.15, 0.2) is 0 Å². The molecule has 4 nitrogen and oxygen atoms in total. The summed E-state index contributed by atoms with van der Waals surface area (Å²) >= 11 is 3.69. The molecule has 0 radical (unpaired) electrons. The van der Waals surface area contributed by atoms with Crippen LogP contribution in [0.25, 0.3) is 0 Å². The van der Waals surface area contributed by atoms with Gasteiger partial charge in [-0.3, -0.25) is 15.1 Å². The van der Waals surface area contributed by atoms with Crippen molar-refractivity contribution < 1.29 is 4.92 Å². The van der Waals surface area contributed by atoms with Gasteiger partial charge in [-0.1, -0.05) is 15.9 Å². The van der Waals surface area contributed by atoms with Crippen molar-refractivity contribution in [1.82, 2.24) is 4.98 Å². The molecule has 1 unspecified atom stereocenters. The molecule has 0 amide bonds. The molecule has 0 aliphatic heterocycles. The summed E-state index contributed by atoms with van der Waals surface area (Å²) in [4.78, 5) is 15.6. The van der Waals surface area contributed by atoms with Crippen LogP contribution in [-0.2, 0) is 6.42 Å². The van der Waals surface area contributed by atoms with Gasteiger partial charge in [0.05, 0.1) is 10.6 Å². The van der Waals surface area contributed by atoms with Crippen molar-refractivity contribution in [3.63, 3.8) is 0 Å². The maximum absolute atomic E-state index is 11.0. The lowest BCUT2D eigenvalue weighted by molar-refractivity contribution is -0.386. The van der Waals surface area contributed by atoms with E-state index < -0.39 is 0 Å². The number of aryl methyl sites for hydroxylation is 2. The molecule has 1 atom stereocenters. The van der Waals surface area contributed by atoms with E-state index in [0.29, 0.717) is 10.4 Å². The van der Waals surface area contributed by atoms with Crippen molar-refractivity contribution in [1.29, 1.82) is 0 Å². The average molecular weight is 313 g/mol. The summed E-state index contributed by atoms with van der Waals surface area (Å²) in [6, 6.07) is 0. The second-order valence-electron chi connectivity index (χ2n) is 5.01. The first-order valence-electron chi connectivity index (χ1n) is 6.24. The lowest BCUT2D eigenvalue weighted by atomic mass is 10.0. The topological polar surface area (TPSA) is 56.0 Å². The first kappa shape index (κ1) is 13.5. The smallest absolute Gasteiger partial charge is 0.260 e. The Bertz CT molecular complexity index is 472. The molecule has 2 rings (SSSR count). The van der Waals surface area contributed by atoms with Crippen molar-refractivity contribution in [3.8, 4) is 0 Å². The Balaban J connectivity index is 2.12. The fraction of sp³-hybridized carbons (Fsp3) is 0.615. The molecule has 1 heterocycles. The molecule has 0 N–H and O–H groups in total. The van der Waals surface area contributed by atoms with Gasteiger partial charge in [0.25, 0.3) is 5.69 Å². The molecule has 98 valence electrons. The van der Waals surface area contributed by atoms with Gasteiger partial charge >= 0.3 is 0 Å². The molecule has 0 bridgehead atoms. The van der Waals surface area contributed by atoms with Gasteiger partial charge in [-0.25, -0.2) is 0 Å². The summed E-state index contributed by atoms with van der Waals surface area (Å²) in [5.41, 5.74) is 2.43. The number of nitrogens with zero attached hydrogens (tertiary/aromatic N) is 2. The molecule has 1 aliphatic carbocycles. The van der Waals surface area contributed by atoms with Gasteiger partial charge in [-0.05, 0) is 45.4 Å².